The van der Waals surface area contributed by atoms with Crippen LogP contribution in [0.5, 0.6) is 0 Å². The highest BCUT2D eigenvalue weighted by Crippen LogP contribution is 2.39. The fraction of sp³-hybridized carbons (Fsp3) is 0.333. The Morgan fingerprint density at radius 2 is 1.77 bits per heavy atom. The quantitative estimate of drug-likeness (QED) is 0.725. The molecular weight excluding hydrogens is 399 g/mol. The van der Waals surface area contributed by atoms with Crippen molar-refractivity contribution in [3.05, 3.63) is 24.0 Å². The molecule has 26 heavy (non-hydrogen) atoms. The van der Waals surface area contributed by atoms with Crippen LogP contribution in [0, 0.1) is 0 Å². The number of halogens is 3. The first kappa shape index (κ1) is 18.8. The van der Waals surface area contributed by atoms with Crippen molar-refractivity contribution < 1.29 is 30.0 Å². The molecule has 0 radical (unpaired) electrons. The lowest BCUT2D eigenvalue weighted by Crippen LogP contribution is -2.29. The van der Waals surface area contributed by atoms with Gasteiger partial charge in [0.2, 0.25) is 10.0 Å². The Bertz CT molecular complexity index is 1080. The number of hydrogen-bond donors (Lipinski definition) is 2. The van der Waals surface area contributed by atoms with Crippen LogP contribution in [-0.4, -0.2) is 43.7 Å². The summed E-state index contributed by atoms with van der Waals surface area (Å²) in [6, 6.07) is 2.45. The maximum Gasteiger partial charge on any atom is 0.501 e. The number of rotatable bonds is 3. The molecule has 1 aliphatic rings. The molecule has 9 nitrogen and oxygen atoms in total. The second-order valence-corrected chi connectivity index (χ2v) is 8.83. The molecule has 0 saturated carbocycles. The maximum absolute atomic E-state index is 13.1. The molecule has 0 spiro atoms. The molecule has 1 aromatic heterocycles. The SMILES string of the molecule is NS(=O)(=O)c1cccc(S(=O)(=O)C(F)(F)F)c1-c1nnc2n1CCNC2. The molecular formula is C12H12F3N5O4S2. The van der Waals surface area contributed by atoms with E-state index in [0.29, 0.717) is 18.4 Å². The van der Waals surface area contributed by atoms with Crippen LogP contribution in [0.1, 0.15) is 5.82 Å². The van der Waals surface area contributed by atoms with E-state index in [4.69, 9.17) is 5.14 Å². The van der Waals surface area contributed by atoms with E-state index in [9.17, 15) is 30.0 Å². The Morgan fingerprint density at radius 1 is 1.12 bits per heavy atom. The second kappa shape index (κ2) is 6.00. The highest BCUT2D eigenvalue weighted by atomic mass is 32.2. The summed E-state index contributed by atoms with van der Waals surface area (Å²) in [5.41, 5.74) is -6.38. The van der Waals surface area contributed by atoms with Crippen LogP contribution in [0.25, 0.3) is 11.4 Å². The van der Waals surface area contributed by atoms with Gasteiger partial charge in [-0.1, -0.05) is 6.07 Å². The largest absolute Gasteiger partial charge is 0.501 e. The average Bonchev–Trinajstić information content (AvgIpc) is 2.96. The molecule has 2 aromatic rings. The molecule has 3 rings (SSSR count). The zero-order valence-corrected chi connectivity index (χ0v) is 14.5. The summed E-state index contributed by atoms with van der Waals surface area (Å²) in [6.07, 6.45) is 0. The Balaban J connectivity index is 2.42. The summed E-state index contributed by atoms with van der Waals surface area (Å²) in [6.45, 7) is 0.866. The summed E-state index contributed by atoms with van der Waals surface area (Å²) in [5.74, 6) is 0.0137. The minimum atomic E-state index is -5.86. The van der Waals surface area contributed by atoms with Gasteiger partial charge in [0, 0.05) is 13.1 Å². The lowest BCUT2D eigenvalue weighted by Gasteiger charge is -2.19. The van der Waals surface area contributed by atoms with E-state index < -0.39 is 40.7 Å². The second-order valence-electron chi connectivity index (χ2n) is 5.39. The zero-order chi connectivity index (χ0) is 19.3. The molecule has 14 heteroatoms. The number of fused-ring (bicyclic) bond motifs is 1. The van der Waals surface area contributed by atoms with Crippen molar-refractivity contribution in [2.45, 2.75) is 28.4 Å². The zero-order valence-electron chi connectivity index (χ0n) is 12.9. The molecule has 1 aliphatic heterocycles. The molecule has 1 aromatic carbocycles. The predicted molar refractivity (Wildman–Crippen MR) is 81.8 cm³/mol. The van der Waals surface area contributed by atoms with Crippen LogP contribution in [0.2, 0.25) is 0 Å². The molecule has 0 aliphatic carbocycles. The van der Waals surface area contributed by atoms with Crippen molar-refractivity contribution in [3.63, 3.8) is 0 Å². The fourth-order valence-electron chi connectivity index (χ4n) is 2.59. The lowest BCUT2D eigenvalue weighted by atomic mass is 10.2. The van der Waals surface area contributed by atoms with Crippen LogP contribution < -0.4 is 10.5 Å². The normalized spacial score (nSPS) is 15.7. The van der Waals surface area contributed by atoms with Crippen molar-refractivity contribution in [2.75, 3.05) is 6.54 Å². The van der Waals surface area contributed by atoms with Crippen LogP contribution >= 0.6 is 0 Å². The molecule has 0 bridgehead atoms. The molecule has 2 heterocycles. The van der Waals surface area contributed by atoms with Crippen molar-refractivity contribution in [1.29, 1.82) is 0 Å². The van der Waals surface area contributed by atoms with Crippen molar-refractivity contribution >= 4 is 19.9 Å². The molecule has 0 amide bonds. The van der Waals surface area contributed by atoms with Crippen LogP contribution in [0.15, 0.2) is 28.0 Å². The topological polar surface area (TPSA) is 137 Å². The van der Waals surface area contributed by atoms with Gasteiger partial charge in [0.05, 0.1) is 21.9 Å². The van der Waals surface area contributed by atoms with E-state index in [1.54, 1.807) is 0 Å². The number of hydrogen-bond acceptors (Lipinski definition) is 7. The minimum absolute atomic E-state index is 0.210. The molecule has 3 N–H and O–H groups in total. The van der Waals surface area contributed by atoms with Crippen LogP contribution in [0.3, 0.4) is 0 Å². The van der Waals surface area contributed by atoms with Gasteiger partial charge in [-0.3, -0.25) is 0 Å². The van der Waals surface area contributed by atoms with Gasteiger partial charge in [0.1, 0.15) is 5.82 Å². The van der Waals surface area contributed by atoms with E-state index in [1.165, 1.54) is 4.57 Å². The predicted octanol–water partition coefficient (Wildman–Crippen LogP) is -0.0108. The number of primary sulfonamides is 1. The van der Waals surface area contributed by atoms with Gasteiger partial charge in [-0.15, -0.1) is 10.2 Å². The number of alkyl halides is 3. The molecule has 0 atom stereocenters. The van der Waals surface area contributed by atoms with E-state index in [-0.39, 0.29) is 18.9 Å². The number of benzene rings is 1. The number of aromatic nitrogens is 3. The van der Waals surface area contributed by atoms with Gasteiger partial charge in [0.25, 0.3) is 9.84 Å². The van der Waals surface area contributed by atoms with Gasteiger partial charge in [-0.05, 0) is 12.1 Å². The lowest BCUT2D eigenvalue weighted by molar-refractivity contribution is -0.0435. The summed E-state index contributed by atoms with van der Waals surface area (Å²) in [7, 11) is -10.4. The molecule has 0 saturated heterocycles. The molecule has 142 valence electrons. The van der Waals surface area contributed by atoms with Gasteiger partial charge in [-0.25, -0.2) is 22.0 Å². The number of sulfone groups is 1. The van der Waals surface area contributed by atoms with Gasteiger partial charge < -0.3 is 9.88 Å². The number of sulfonamides is 1. The van der Waals surface area contributed by atoms with Crippen molar-refractivity contribution in [3.8, 4) is 11.4 Å². The maximum atomic E-state index is 13.1. The van der Waals surface area contributed by atoms with Gasteiger partial charge in [-0.2, -0.15) is 13.2 Å². The highest BCUT2D eigenvalue weighted by Gasteiger charge is 2.49. The first-order valence-corrected chi connectivity index (χ1v) is 10.1. The first-order valence-electron chi connectivity index (χ1n) is 7.05. The summed E-state index contributed by atoms with van der Waals surface area (Å²) >= 11 is 0. The van der Waals surface area contributed by atoms with Crippen LogP contribution in [-0.2, 0) is 33.0 Å². The third-order valence-electron chi connectivity index (χ3n) is 3.74. The Hall–Kier alpha value is -2.03. The van der Waals surface area contributed by atoms with E-state index in [2.05, 4.69) is 15.5 Å². The van der Waals surface area contributed by atoms with Crippen molar-refractivity contribution in [1.82, 2.24) is 20.1 Å². The Labute approximate surface area is 146 Å². The smallest absolute Gasteiger partial charge is 0.309 e. The Kier molecular flexibility index (Phi) is 4.33. The number of nitrogens with one attached hydrogen (secondary N) is 1. The highest BCUT2D eigenvalue weighted by molar-refractivity contribution is 7.92. The molecule has 0 unspecified atom stereocenters. The van der Waals surface area contributed by atoms with Crippen molar-refractivity contribution in [2.24, 2.45) is 5.14 Å². The standard InChI is InChI=1S/C12H12F3N5O4S2/c13-12(14,15)25(21,22)7-2-1-3-8(26(16,23)24)10(7)11-19-18-9-6-17-4-5-20(9)11/h1-3,17H,4-6H2,(H2,16,23,24). The van der Waals surface area contributed by atoms with Gasteiger partial charge >= 0.3 is 5.51 Å². The third kappa shape index (κ3) is 2.98. The number of nitrogens with zero attached hydrogens (tertiary/aromatic N) is 3. The van der Waals surface area contributed by atoms with E-state index >= 15 is 0 Å². The van der Waals surface area contributed by atoms with E-state index in [1.807, 2.05) is 0 Å². The number of nitrogens with two attached hydrogens (primary N) is 1. The first-order chi connectivity index (χ1) is 11.9. The van der Waals surface area contributed by atoms with Gasteiger partial charge in [0.15, 0.2) is 5.82 Å². The summed E-state index contributed by atoms with van der Waals surface area (Å²) < 4.78 is 88.3. The average molecular weight is 411 g/mol. The fourth-order valence-corrected chi connectivity index (χ4v) is 4.39. The van der Waals surface area contributed by atoms with E-state index in [0.717, 1.165) is 12.1 Å². The Morgan fingerprint density at radius 3 is 2.38 bits per heavy atom. The summed E-state index contributed by atoms with van der Waals surface area (Å²) in [5, 5.41) is 15.5. The van der Waals surface area contributed by atoms with Crippen LogP contribution in [0.4, 0.5) is 13.2 Å². The summed E-state index contributed by atoms with van der Waals surface area (Å²) in [4.78, 5) is -2.03. The monoisotopic (exact) mass is 411 g/mol. The third-order valence-corrected chi connectivity index (χ3v) is 6.22. The minimum Gasteiger partial charge on any atom is -0.309 e. The molecule has 0 fully saturated rings.